The normalized spacial score (nSPS) is 11.2. The minimum absolute atomic E-state index is 0.784. The van der Waals surface area contributed by atoms with E-state index in [1.165, 1.54) is 10.8 Å². The van der Waals surface area contributed by atoms with Crippen molar-refractivity contribution < 1.29 is 0 Å². The smallest absolute Gasteiger partial charge is 0.153 e. The van der Waals surface area contributed by atoms with E-state index in [0.717, 1.165) is 22.3 Å². The van der Waals surface area contributed by atoms with E-state index >= 15 is 0 Å². The Bertz CT molecular complexity index is 870. The summed E-state index contributed by atoms with van der Waals surface area (Å²) in [6, 6.07) is 18.8. The van der Waals surface area contributed by atoms with Gasteiger partial charge in [0.1, 0.15) is 0 Å². The van der Waals surface area contributed by atoms with Gasteiger partial charge in [0.2, 0.25) is 0 Å². The van der Waals surface area contributed by atoms with Crippen LogP contribution in [-0.2, 0) is 0 Å². The molecule has 0 radical (unpaired) electrons. The lowest BCUT2D eigenvalue weighted by molar-refractivity contribution is 0.787. The molecule has 4 aromatic rings. The maximum atomic E-state index is 4.14. The molecule has 0 atom stereocenters. The summed E-state index contributed by atoms with van der Waals surface area (Å²) in [5, 5.41) is 16.6. The summed E-state index contributed by atoms with van der Waals surface area (Å²) in [5.74, 6) is 0.784. The molecule has 4 rings (SSSR count). The van der Waals surface area contributed by atoms with Crippen LogP contribution in [0.5, 0.6) is 0 Å². The van der Waals surface area contributed by atoms with Crippen LogP contribution in [0.1, 0.15) is 5.82 Å². The van der Waals surface area contributed by atoms with E-state index in [1.54, 1.807) is 0 Å². The van der Waals surface area contributed by atoms with Gasteiger partial charge in [-0.1, -0.05) is 48.5 Å². The van der Waals surface area contributed by atoms with Crippen LogP contribution in [0.3, 0.4) is 0 Å². The van der Waals surface area contributed by atoms with E-state index < -0.39 is 0 Å². The first-order chi connectivity index (χ1) is 9.84. The Morgan fingerprint density at radius 2 is 1.45 bits per heavy atom. The molecule has 1 aromatic heterocycles. The minimum Gasteiger partial charge on any atom is -0.196 e. The summed E-state index contributed by atoms with van der Waals surface area (Å²) in [6.07, 6.45) is 0. The SMILES string of the molecule is Cc1nnnn1-c1c2ccccc2cc2ccccc12. The molecular weight excluding hydrogens is 248 g/mol. The Balaban J connectivity index is 2.26. The van der Waals surface area contributed by atoms with Crippen LogP contribution in [0, 0.1) is 6.92 Å². The molecule has 0 fully saturated rings. The van der Waals surface area contributed by atoms with Gasteiger partial charge in [0.05, 0.1) is 5.69 Å². The maximum absolute atomic E-state index is 4.14. The highest BCUT2D eigenvalue weighted by molar-refractivity contribution is 6.07. The molecule has 0 aliphatic rings. The molecule has 0 spiro atoms. The fraction of sp³-hybridized carbons (Fsp3) is 0.0625. The van der Waals surface area contributed by atoms with E-state index in [0.29, 0.717) is 0 Å². The Kier molecular flexibility index (Phi) is 2.29. The fourth-order valence-corrected chi connectivity index (χ4v) is 2.66. The van der Waals surface area contributed by atoms with Crippen molar-refractivity contribution in [2.45, 2.75) is 6.92 Å². The van der Waals surface area contributed by atoms with Gasteiger partial charge in [-0.3, -0.25) is 0 Å². The average molecular weight is 260 g/mol. The van der Waals surface area contributed by atoms with E-state index in [2.05, 4.69) is 45.9 Å². The number of hydrogen-bond donors (Lipinski definition) is 0. The number of aryl methyl sites for hydroxylation is 1. The molecule has 0 aliphatic carbocycles. The van der Waals surface area contributed by atoms with E-state index in [1.807, 2.05) is 35.9 Å². The van der Waals surface area contributed by atoms with Gasteiger partial charge < -0.3 is 0 Å². The molecule has 0 saturated carbocycles. The molecule has 1 heterocycles. The second kappa shape index (κ2) is 4.13. The zero-order valence-corrected chi connectivity index (χ0v) is 11.0. The number of fused-ring (bicyclic) bond motifs is 2. The summed E-state index contributed by atoms with van der Waals surface area (Å²) >= 11 is 0. The second-order valence-corrected chi connectivity index (χ2v) is 4.81. The molecular formula is C16H12N4. The molecule has 3 aromatic carbocycles. The third-order valence-electron chi connectivity index (χ3n) is 3.58. The van der Waals surface area contributed by atoms with Gasteiger partial charge in [0.25, 0.3) is 0 Å². The molecule has 4 heteroatoms. The van der Waals surface area contributed by atoms with Crippen molar-refractivity contribution in [2.75, 3.05) is 0 Å². The van der Waals surface area contributed by atoms with E-state index in [4.69, 9.17) is 0 Å². The van der Waals surface area contributed by atoms with Crippen molar-refractivity contribution in [1.29, 1.82) is 0 Å². The quantitative estimate of drug-likeness (QED) is 0.493. The molecule has 96 valence electrons. The third kappa shape index (κ3) is 1.51. The topological polar surface area (TPSA) is 43.6 Å². The van der Waals surface area contributed by atoms with Crippen molar-refractivity contribution in [3.8, 4) is 5.69 Å². The number of rotatable bonds is 1. The summed E-state index contributed by atoms with van der Waals surface area (Å²) in [7, 11) is 0. The third-order valence-corrected chi connectivity index (χ3v) is 3.58. The molecule has 0 unspecified atom stereocenters. The standard InChI is InChI=1S/C16H12N4/c1-11-17-18-19-20(11)16-14-8-4-2-6-12(14)10-13-7-3-5-9-15(13)16/h2-10H,1H3. The highest BCUT2D eigenvalue weighted by Gasteiger charge is 2.12. The Labute approximate surface area is 115 Å². The first kappa shape index (κ1) is 11.1. The van der Waals surface area contributed by atoms with Gasteiger partial charge >= 0.3 is 0 Å². The van der Waals surface area contributed by atoms with Gasteiger partial charge in [0.15, 0.2) is 5.82 Å². The van der Waals surface area contributed by atoms with Gasteiger partial charge in [-0.2, -0.15) is 4.68 Å². The summed E-state index contributed by atoms with van der Waals surface area (Å²) in [5.41, 5.74) is 1.04. The van der Waals surface area contributed by atoms with Gasteiger partial charge in [0, 0.05) is 10.8 Å². The fourth-order valence-electron chi connectivity index (χ4n) is 2.66. The summed E-state index contributed by atoms with van der Waals surface area (Å²) in [4.78, 5) is 0. The summed E-state index contributed by atoms with van der Waals surface area (Å²) < 4.78 is 1.81. The maximum Gasteiger partial charge on any atom is 0.153 e. The van der Waals surface area contributed by atoms with Crippen LogP contribution < -0.4 is 0 Å². The number of hydrogen-bond acceptors (Lipinski definition) is 3. The van der Waals surface area contributed by atoms with Crippen LogP contribution >= 0.6 is 0 Å². The Morgan fingerprint density at radius 3 is 2.00 bits per heavy atom. The molecule has 0 amide bonds. The van der Waals surface area contributed by atoms with Crippen molar-refractivity contribution >= 4 is 21.5 Å². The van der Waals surface area contributed by atoms with Crippen molar-refractivity contribution in [2.24, 2.45) is 0 Å². The Hall–Kier alpha value is -2.75. The average Bonchev–Trinajstić information content (AvgIpc) is 2.90. The van der Waals surface area contributed by atoms with Gasteiger partial charge in [-0.15, -0.1) is 5.10 Å². The van der Waals surface area contributed by atoms with Gasteiger partial charge in [-0.05, 0) is 34.2 Å². The summed E-state index contributed by atoms with van der Waals surface area (Å²) in [6.45, 7) is 1.91. The molecule has 0 bridgehead atoms. The van der Waals surface area contributed by atoms with Crippen molar-refractivity contribution in [3.63, 3.8) is 0 Å². The second-order valence-electron chi connectivity index (χ2n) is 4.81. The first-order valence-electron chi connectivity index (χ1n) is 6.50. The van der Waals surface area contributed by atoms with Crippen molar-refractivity contribution in [1.82, 2.24) is 20.2 Å². The highest BCUT2D eigenvalue weighted by atomic mass is 15.5. The molecule has 0 aliphatic heterocycles. The monoisotopic (exact) mass is 260 g/mol. The lowest BCUT2D eigenvalue weighted by atomic mass is 10.0. The molecule has 0 N–H and O–H groups in total. The molecule has 20 heavy (non-hydrogen) atoms. The van der Waals surface area contributed by atoms with Crippen LogP contribution in [0.2, 0.25) is 0 Å². The van der Waals surface area contributed by atoms with Crippen molar-refractivity contribution in [3.05, 3.63) is 60.4 Å². The largest absolute Gasteiger partial charge is 0.196 e. The zero-order chi connectivity index (χ0) is 13.5. The number of nitrogens with zero attached hydrogens (tertiary/aromatic N) is 4. The van der Waals surface area contributed by atoms with E-state index in [-0.39, 0.29) is 0 Å². The zero-order valence-electron chi connectivity index (χ0n) is 11.0. The van der Waals surface area contributed by atoms with Gasteiger partial charge in [-0.25, -0.2) is 0 Å². The lowest BCUT2D eigenvalue weighted by Crippen LogP contribution is -2.01. The number of tetrazole rings is 1. The number of benzene rings is 3. The first-order valence-corrected chi connectivity index (χ1v) is 6.50. The lowest BCUT2D eigenvalue weighted by Gasteiger charge is -2.11. The molecule has 4 nitrogen and oxygen atoms in total. The van der Waals surface area contributed by atoms with Crippen LogP contribution in [0.25, 0.3) is 27.2 Å². The van der Waals surface area contributed by atoms with Crippen LogP contribution in [0.15, 0.2) is 54.6 Å². The Morgan fingerprint density at radius 1 is 0.850 bits per heavy atom. The molecule has 0 saturated heterocycles. The highest BCUT2D eigenvalue weighted by Crippen LogP contribution is 2.31. The number of aromatic nitrogens is 4. The predicted octanol–water partition coefficient (Wildman–Crippen LogP) is 3.28. The predicted molar refractivity (Wildman–Crippen MR) is 78.9 cm³/mol. The van der Waals surface area contributed by atoms with E-state index in [9.17, 15) is 0 Å². The minimum atomic E-state index is 0.784. The van der Waals surface area contributed by atoms with Crippen LogP contribution in [0.4, 0.5) is 0 Å². The van der Waals surface area contributed by atoms with Crippen LogP contribution in [-0.4, -0.2) is 20.2 Å².